The van der Waals surface area contributed by atoms with Crippen molar-refractivity contribution >= 4 is 44.8 Å². The van der Waals surface area contributed by atoms with Crippen molar-refractivity contribution in [3.63, 3.8) is 0 Å². The maximum Gasteiger partial charge on any atom is 0.339 e. The third-order valence-electron chi connectivity index (χ3n) is 3.06. The number of ether oxygens (including phenoxy) is 1. The van der Waals surface area contributed by atoms with Crippen LogP contribution in [0, 0.1) is 20.8 Å². The Labute approximate surface area is 141 Å². The fourth-order valence-electron chi connectivity index (χ4n) is 2.00. The van der Waals surface area contributed by atoms with Gasteiger partial charge in [-0.3, -0.25) is 4.79 Å². The minimum atomic E-state index is -0.468. The lowest BCUT2D eigenvalue weighted by Crippen LogP contribution is -2.21. The van der Waals surface area contributed by atoms with Crippen molar-refractivity contribution in [1.29, 1.82) is 0 Å². The summed E-state index contributed by atoms with van der Waals surface area (Å²) in [6, 6.07) is 7.32. The second kappa shape index (κ2) is 7.07. The second-order valence-corrected chi connectivity index (χ2v) is 7.29. The third kappa shape index (κ3) is 4.18. The smallest absolute Gasteiger partial charge is 0.339 e. The first kappa shape index (κ1) is 16.7. The summed E-state index contributed by atoms with van der Waals surface area (Å²) in [5, 5.41) is 2.73. The average Bonchev–Trinajstić information content (AvgIpc) is 2.78. The number of hydrogen-bond donors (Lipinski definition) is 1. The van der Waals surface area contributed by atoms with Crippen LogP contribution in [-0.4, -0.2) is 18.5 Å². The Balaban J connectivity index is 1.92. The summed E-state index contributed by atoms with van der Waals surface area (Å²) in [7, 11) is 0. The molecular weight excluding hydrogens is 366 g/mol. The molecule has 0 aliphatic rings. The first-order chi connectivity index (χ1) is 10.4. The van der Waals surface area contributed by atoms with E-state index in [1.54, 1.807) is 12.1 Å². The van der Waals surface area contributed by atoms with Gasteiger partial charge in [-0.1, -0.05) is 15.9 Å². The van der Waals surface area contributed by atoms with Crippen LogP contribution in [-0.2, 0) is 9.53 Å². The van der Waals surface area contributed by atoms with Gasteiger partial charge in [0.25, 0.3) is 5.91 Å². The largest absolute Gasteiger partial charge is 0.452 e. The molecule has 0 fully saturated rings. The molecule has 2 aromatic rings. The SMILES string of the molecule is Cc1cc(C(=O)OCC(=O)Nc2ccc(Br)cc2C)c(C)s1. The van der Waals surface area contributed by atoms with Crippen LogP contribution < -0.4 is 5.32 Å². The number of halogens is 1. The van der Waals surface area contributed by atoms with Gasteiger partial charge in [0.1, 0.15) is 0 Å². The van der Waals surface area contributed by atoms with Crippen LogP contribution in [0.5, 0.6) is 0 Å². The van der Waals surface area contributed by atoms with Gasteiger partial charge in [0.15, 0.2) is 6.61 Å². The fraction of sp³-hybridized carbons (Fsp3) is 0.250. The molecule has 4 nitrogen and oxygen atoms in total. The molecule has 0 unspecified atom stereocenters. The molecule has 1 aromatic heterocycles. The lowest BCUT2D eigenvalue weighted by molar-refractivity contribution is -0.119. The molecule has 0 bridgehead atoms. The Morgan fingerprint density at radius 3 is 2.55 bits per heavy atom. The zero-order valence-corrected chi connectivity index (χ0v) is 14.9. The number of carbonyl (C=O) groups excluding carboxylic acids is 2. The summed E-state index contributed by atoms with van der Waals surface area (Å²) in [6.07, 6.45) is 0. The van der Waals surface area contributed by atoms with Crippen LogP contribution >= 0.6 is 27.3 Å². The molecule has 22 heavy (non-hydrogen) atoms. The van der Waals surface area contributed by atoms with E-state index in [1.165, 1.54) is 11.3 Å². The number of anilines is 1. The van der Waals surface area contributed by atoms with Gasteiger partial charge in [0.05, 0.1) is 5.56 Å². The number of rotatable bonds is 4. The van der Waals surface area contributed by atoms with Gasteiger partial charge in [0.2, 0.25) is 0 Å². The molecule has 0 saturated heterocycles. The molecule has 0 radical (unpaired) electrons. The van der Waals surface area contributed by atoms with Crippen molar-refractivity contribution < 1.29 is 14.3 Å². The monoisotopic (exact) mass is 381 g/mol. The minimum Gasteiger partial charge on any atom is -0.452 e. The van der Waals surface area contributed by atoms with Gasteiger partial charge in [-0.05, 0) is 50.6 Å². The summed E-state index contributed by atoms with van der Waals surface area (Å²) in [5.41, 5.74) is 2.15. The summed E-state index contributed by atoms with van der Waals surface area (Å²) in [6.45, 7) is 5.38. The first-order valence-electron chi connectivity index (χ1n) is 6.67. The van der Waals surface area contributed by atoms with Gasteiger partial charge in [-0.15, -0.1) is 11.3 Å². The van der Waals surface area contributed by atoms with Gasteiger partial charge in [-0.2, -0.15) is 0 Å². The molecule has 116 valence electrons. The number of amides is 1. The van der Waals surface area contributed by atoms with E-state index in [4.69, 9.17) is 4.74 Å². The average molecular weight is 382 g/mol. The number of benzene rings is 1. The number of aryl methyl sites for hydroxylation is 3. The summed E-state index contributed by atoms with van der Waals surface area (Å²) in [5.74, 6) is -0.826. The van der Waals surface area contributed by atoms with Crippen molar-refractivity contribution in [3.05, 3.63) is 49.6 Å². The highest BCUT2D eigenvalue weighted by Gasteiger charge is 2.15. The van der Waals surface area contributed by atoms with E-state index in [9.17, 15) is 9.59 Å². The van der Waals surface area contributed by atoms with Crippen molar-refractivity contribution in [1.82, 2.24) is 0 Å². The van der Waals surface area contributed by atoms with Crippen molar-refractivity contribution in [2.75, 3.05) is 11.9 Å². The van der Waals surface area contributed by atoms with Crippen LogP contribution in [0.4, 0.5) is 5.69 Å². The highest BCUT2D eigenvalue weighted by molar-refractivity contribution is 9.10. The van der Waals surface area contributed by atoms with Crippen LogP contribution in [0.2, 0.25) is 0 Å². The van der Waals surface area contributed by atoms with E-state index < -0.39 is 5.97 Å². The molecule has 1 heterocycles. The molecular formula is C16H16BrNO3S. The Morgan fingerprint density at radius 2 is 1.95 bits per heavy atom. The summed E-state index contributed by atoms with van der Waals surface area (Å²) >= 11 is 4.90. The second-order valence-electron chi connectivity index (χ2n) is 4.91. The molecule has 0 saturated carbocycles. The van der Waals surface area contributed by atoms with E-state index >= 15 is 0 Å². The third-order valence-corrected chi connectivity index (χ3v) is 4.52. The number of hydrogen-bond acceptors (Lipinski definition) is 4. The van der Waals surface area contributed by atoms with Gasteiger partial charge in [0, 0.05) is 19.9 Å². The molecule has 1 aromatic carbocycles. The first-order valence-corrected chi connectivity index (χ1v) is 8.28. The highest BCUT2D eigenvalue weighted by atomic mass is 79.9. The molecule has 6 heteroatoms. The lowest BCUT2D eigenvalue weighted by atomic mass is 10.2. The summed E-state index contributed by atoms with van der Waals surface area (Å²) < 4.78 is 6.01. The van der Waals surface area contributed by atoms with Crippen molar-refractivity contribution in [3.8, 4) is 0 Å². The van der Waals surface area contributed by atoms with Crippen molar-refractivity contribution in [2.24, 2.45) is 0 Å². The van der Waals surface area contributed by atoms with Gasteiger partial charge < -0.3 is 10.1 Å². The number of thiophene rings is 1. The molecule has 0 atom stereocenters. The highest BCUT2D eigenvalue weighted by Crippen LogP contribution is 2.22. The van der Waals surface area contributed by atoms with E-state index in [1.807, 2.05) is 32.9 Å². The molecule has 1 amide bonds. The van der Waals surface area contributed by atoms with Crippen LogP contribution in [0.15, 0.2) is 28.7 Å². The minimum absolute atomic E-state index is 0.303. The lowest BCUT2D eigenvalue weighted by Gasteiger charge is -2.09. The van der Waals surface area contributed by atoms with E-state index in [0.717, 1.165) is 19.8 Å². The summed E-state index contributed by atoms with van der Waals surface area (Å²) in [4.78, 5) is 25.8. The molecule has 0 spiro atoms. The van der Waals surface area contributed by atoms with Gasteiger partial charge in [-0.25, -0.2) is 4.79 Å². The molecule has 2 rings (SSSR count). The van der Waals surface area contributed by atoms with Crippen LogP contribution in [0.25, 0.3) is 0 Å². The standard InChI is InChI=1S/C16H16BrNO3S/c1-9-6-12(17)4-5-14(9)18-15(19)8-21-16(20)13-7-10(2)22-11(13)3/h4-7H,8H2,1-3H3,(H,18,19). The van der Waals surface area contributed by atoms with Crippen LogP contribution in [0.3, 0.4) is 0 Å². The van der Waals surface area contributed by atoms with E-state index in [2.05, 4.69) is 21.2 Å². The zero-order chi connectivity index (χ0) is 16.3. The quantitative estimate of drug-likeness (QED) is 0.806. The van der Waals surface area contributed by atoms with Crippen molar-refractivity contribution in [2.45, 2.75) is 20.8 Å². The number of carbonyl (C=O) groups is 2. The van der Waals surface area contributed by atoms with Gasteiger partial charge >= 0.3 is 5.97 Å². The topological polar surface area (TPSA) is 55.4 Å². The van der Waals surface area contributed by atoms with E-state index in [0.29, 0.717) is 11.3 Å². The molecule has 1 N–H and O–H groups in total. The Bertz CT molecular complexity index is 724. The molecule has 0 aliphatic carbocycles. The zero-order valence-electron chi connectivity index (χ0n) is 12.5. The Morgan fingerprint density at radius 1 is 1.23 bits per heavy atom. The molecule has 0 aliphatic heterocycles. The Hall–Kier alpha value is -1.66. The van der Waals surface area contributed by atoms with E-state index in [-0.39, 0.29) is 12.5 Å². The number of esters is 1. The number of nitrogens with one attached hydrogen (secondary N) is 1. The van der Waals surface area contributed by atoms with Crippen LogP contribution in [0.1, 0.15) is 25.7 Å². The fourth-order valence-corrected chi connectivity index (χ4v) is 3.38. The maximum absolute atomic E-state index is 11.9. The predicted octanol–water partition coefficient (Wildman–Crippen LogP) is 4.23. The Kier molecular flexibility index (Phi) is 5.37. The predicted molar refractivity (Wildman–Crippen MR) is 91.6 cm³/mol. The maximum atomic E-state index is 11.9. The normalized spacial score (nSPS) is 10.4.